The van der Waals surface area contributed by atoms with E-state index in [4.69, 9.17) is 16.0 Å². The zero-order chi connectivity index (χ0) is 18.5. The minimum atomic E-state index is -0.351. The summed E-state index contributed by atoms with van der Waals surface area (Å²) in [6, 6.07) is 17.4. The third-order valence-electron chi connectivity index (χ3n) is 3.71. The van der Waals surface area contributed by atoms with Gasteiger partial charge in [-0.05, 0) is 60.7 Å². The van der Waals surface area contributed by atoms with Crippen LogP contribution >= 0.6 is 11.6 Å². The van der Waals surface area contributed by atoms with Gasteiger partial charge in [-0.15, -0.1) is 0 Å². The number of hydrogen-bond acceptors (Lipinski definition) is 3. The van der Waals surface area contributed by atoms with Crippen molar-refractivity contribution in [2.75, 3.05) is 10.6 Å². The van der Waals surface area contributed by atoms with Gasteiger partial charge in [0.1, 0.15) is 5.76 Å². The van der Waals surface area contributed by atoms with Gasteiger partial charge in [-0.3, -0.25) is 9.59 Å². The molecule has 1 heterocycles. The molecule has 132 valence electrons. The van der Waals surface area contributed by atoms with Gasteiger partial charge in [0.2, 0.25) is 5.91 Å². The molecule has 0 fully saturated rings. The topological polar surface area (TPSA) is 71.3 Å². The number of hydrogen-bond donors (Lipinski definition) is 2. The standard InChI is InChI=1S/C20H17ClN2O3/c1-2-19(24)22-15-7-9-16(10-8-15)23-20(25)18-12-11-17(26-18)13-3-5-14(21)6-4-13/h3-12H,2H2,1H3,(H,22,24)(H,23,25). The Bertz CT molecular complexity index is 915. The van der Waals surface area contributed by atoms with Crippen LogP contribution in [0.15, 0.2) is 65.1 Å². The van der Waals surface area contributed by atoms with Crippen molar-refractivity contribution in [1.29, 1.82) is 0 Å². The summed E-state index contributed by atoms with van der Waals surface area (Å²) in [4.78, 5) is 23.7. The summed E-state index contributed by atoms with van der Waals surface area (Å²) in [7, 11) is 0. The molecule has 2 N–H and O–H groups in total. The van der Waals surface area contributed by atoms with Crippen molar-refractivity contribution in [2.45, 2.75) is 13.3 Å². The van der Waals surface area contributed by atoms with Gasteiger partial charge in [0, 0.05) is 28.4 Å². The van der Waals surface area contributed by atoms with E-state index in [2.05, 4.69) is 10.6 Å². The number of halogens is 1. The molecule has 0 spiro atoms. The van der Waals surface area contributed by atoms with Crippen LogP contribution in [0.4, 0.5) is 11.4 Å². The van der Waals surface area contributed by atoms with Crippen molar-refractivity contribution in [3.8, 4) is 11.3 Å². The maximum absolute atomic E-state index is 12.3. The van der Waals surface area contributed by atoms with E-state index >= 15 is 0 Å². The average Bonchev–Trinajstić information content (AvgIpc) is 3.14. The van der Waals surface area contributed by atoms with Crippen molar-refractivity contribution in [1.82, 2.24) is 0 Å². The van der Waals surface area contributed by atoms with E-state index in [0.29, 0.717) is 28.6 Å². The first-order valence-corrected chi connectivity index (χ1v) is 8.50. The molecule has 0 radical (unpaired) electrons. The minimum absolute atomic E-state index is 0.0629. The van der Waals surface area contributed by atoms with Gasteiger partial charge in [0.25, 0.3) is 5.91 Å². The normalized spacial score (nSPS) is 10.4. The van der Waals surface area contributed by atoms with E-state index in [1.165, 1.54) is 0 Å². The molecule has 5 nitrogen and oxygen atoms in total. The Morgan fingerprint density at radius 3 is 2.12 bits per heavy atom. The highest BCUT2D eigenvalue weighted by Crippen LogP contribution is 2.24. The lowest BCUT2D eigenvalue weighted by atomic mass is 10.2. The predicted octanol–water partition coefficient (Wildman–Crippen LogP) is 5.20. The van der Waals surface area contributed by atoms with Crippen molar-refractivity contribution >= 4 is 34.8 Å². The Morgan fingerprint density at radius 1 is 0.885 bits per heavy atom. The lowest BCUT2D eigenvalue weighted by Gasteiger charge is -2.06. The number of carbonyl (C=O) groups is 2. The second-order valence-electron chi connectivity index (χ2n) is 5.60. The van der Waals surface area contributed by atoms with Gasteiger partial charge in [-0.2, -0.15) is 0 Å². The van der Waals surface area contributed by atoms with Crippen molar-refractivity contribution in [3.05, 3.63) is 71.4 Å². The monoisotopic (exact) mass is 368 g/mol. The highest BCUT2D eigenvalue weighted by molar-refractivity contribution is 6.30. The number of carbonyl (C=O) groups excluding carboxylic acids is 2. The molecule has 6 heteroatoms. The molecule has 0 saturated heterocycles. The Hall–Kier alpha value is -3.05. The molecule has 3 rings (SSSR count). The van der Waals surface area contributed by atoms with Gasteiger partial charge >= 0.3 is 0 Å². The molecule has 1 aromatic heterocycles. The smallest absolute Gasteiger partial charge is 0.291 e. The molecule has 2 amide bonds. The number of amides is 2. The number of anilines is 2. The first kappa shape index (κ1) is 17.8. The lowest BCUT2D eigenvalue weighted by Crippen LogP contribution is -2.11. The van der Waals surface area contributed by atoms with Crippen LogP contribution < -0.4 is 10.6 Å². The SMILES string of the molecule is CCC(=O)Nc1ccc(NC(=O)c2ccc(-c3ccc(Cl)cc3)o2)cc1. The average molecular weight is 369 g/mol. The third-order valence-corrected chi connectivity index (χ3v) is 3.96. The quantitative estimate of drug-likeness (QED) is 0.650. The summed E-state index contributed by atoms with van der Waals surface area (Å²) in [5.41, 5.74) is 2.12. The van der Waals surface area contributed by atoms with Crippen molar-refractivity contribution in [3.63, 3.8) is 0 Å². The van der Waals surface area contributed by atoms with Crippen LogP contribution in [0.5, 0.6) is 0 Å². The summed E-state index contributed by atoms with van der Waals surface area (Å²) in [5, 5.41) is 6.15. The van der Waals surface area contributed by atoms with E-state index < -0.39 is 0 Å². The second-order valence-corrected chi connectivity index (χ2v) is 6.04. The first-order chi connectivity index (χ1) is 12.5. The van der Waals surface area contributed by atoms with Crippen molar-refractivity contribution in [2.24, 2.45) is 0 Å². The fourth-order valence-corrected chi connectivity index (χ4v) is 2.43. The Kier molecular flexibility index (Phi) is 5.39. The second kappa shape index (κ2) is 7.89. The summed E-state index contributed by atoms with van der Waals surface area (Å²) >= 11 is 5.87. The van der Waals surface area contributed by atoms with Crippen molar-refractivity contribution < 1.29 is 14.0 Å². The van der Waals surface area contributed by atoms with E-state index in [1.807, 2.05) is 12.1 Å². The Labute approximate surface area is 156 Å². The molecular weight excluding hydrogens is 352 g/mol. The molecule has 2 aromatic carbocycles. The molecular formula is C20H17ClN2O3. The fourth-order valence-electron chi connectivity index (χ4n) is 2.31. The maximum atomic E-state index is 12.3. The lowest BCUT2D eigenvalue weighted by molar-refractivity contribution is -0.115. The van der Waals surface area contributed by atoms with Gasteiger partial charge in [0.05, 0.1) is 0 Å². The zero-order valence-electron chi connectivity index (χ0n) is 14.1. The van der Waals surface area contributed by atoms with Crippen LogP contribution in [0.3, 0.4) is 0 Å². The fraction of sp³-hybridized carbons (Fsp3) is 0.100. The summed E-state index contributed by atoms with van der Waals surface area (Å²) < 4.78 is 5.62. The Morgan fingerprint density at radius 2 is 1.50 bits per heavy atom. The van der Waals surface area contributed by atoms with Gasteiger partial charge in [-0.25, -0.2) is 0 Å². The third kappa shape index (κ3) is 4.32. The van der Waals surface area contributed by atoms with Gasteiger partial charge in [-0.1, -0.05) is 18.5 Å². The minimum Gasteiger partial charge on any atom is -0.451 e. The molecule has 0 aliphatic carbocycles. The molecule has 0 aliphatic heterocycles. The summed E-state index contributed by atoms with van der Waals surface area (Å²) in [5.74, 6) is 0.380. The van der Waals surface area contributed by atoms with Crippen LogP contribution in [0.25, 0.3) is 11.3 Å². The van der Waals surface area contributed by atoms with E-state index in [1.54, 1.807) is 55.5 Å². The van der Waals surface area contributed by atoms with Crippen LogP contribution in [0.1, 0.15) is 23.9 Å². The number of benzene rings is 2. The molecule has 0 bridgehead atoms. The van der Waals surface area contributed by atoms with E-state index in [-0.39, 0.29) is 17.6 Å². The maximum Gasteiger partial charge on any atom is 0.291 e. The van der Waals surface area contributed by atoms with Gasteiger partial charge < -0.3 is 15.1 Å². The summed E-state index contributed by atoms with van der Waals surface area (Å²) in [6.07, 6.45) is 0.410. The molecule has 0 atom stereocenters. The zero-order valence-corrected chi connectivity index (χ0v) is 14.8. The molecule has 0 saturated carbocycles. The molecule has 26 heavy (non-hydrogen) atoms. The van der Waals surface area contributed by atoms with E-state index in [9.17, 15) is 9.59 Å². The first-order valence-electron chi connectivity index (χ1n) is 8.12. The molecule has 0 aliphatic rings. The highest BCUT2D eigenvalue weighted by Gasteiger charge is 2.12. The largest absolute Gasteiger partial charge is 0.451 e. The van der Waals surface area contributed by atoms with Crippen LogP contribution in [-0.2, 0) is 4.79 Å². The predicted molar refractivity (Wildman–Crippen MR) is 102 cm³/mol. The number of furan rings is 1. The van der Waals surface area contributed by atoms with E-state index in [0.717, 1.165) is 5.56 Å². The highest BCUT2D eigenvalue weighted by atomic mass is 35.5. The summed E-state index contributed by atoms with van der Waals surface area (Å²) in [6.45, 7) is 1.78. The molecule has 3 aromatic rings. The number of rotatable bonds is 5. The van der Waals surface area contributed by atoms with Crippen LogP contribution in [0, 0.1) is 0 Å². The number of nitrogens with one attached hydrogen (secondary N) is 2. The molecule has 0 unspecified atom stereocenters. The Balaban J connectivity index is 1.66. The van der Waals surface area contributed by atoms with Crippen LogP contribution in [-0.4, -0.2) is 11.8 Å². The van der Waals surface area contributed by atoms with Crippen LogP contribution in [0.2, 0.25) is 5.02 Å². The van der Waals surface area contributed by atoms with Gasteiger partial charge in [0.15, 0.2) is 5.76 Å².